The SMILES string of the molecule is O=C(NCCc1cn2ccccc2n1)C(F)(F)F. The number of fused-ring (bicyclic) bond motifs is 1. The molecule has 0 bridgehead atoms. The van der Waals surface area contributed by atoms with Gasteiger partial charge in [-0.1, -0.05) is 6.07 Å². The Morgan fingerprint density at radius 3 is 2.83 bits per heavy atom. The molecule has 0 unspecified atom stereocenters. The normalized spacial score (nSPS) is 11.7. The molecule has 2 aromatic rings. The molecule has 0 atom stereocenters. The highest BCUT2D eigenvalue weighted by atomic mass is 19.4. The van der Waals surface area contributed by atoms with Crippen LogP contribution < -0.4 is 5.32 Å². The highest BCUT2D eigenvalue weighted by molar-refractivity contribution is 5.81. The maximum atomic E-state index is 11.9. The van der Waals surface area contributed by atoms with Crippen molar-refractivity contribution in [2.45, 2.75) is 12.6 Å². The molecule has 0 aliphatic rings. The lowest BCUT2D eigenvalue weighted by Crippen LogP contribution is -2.37. The minimum Gasteiger partial charge on any atom is -0.348 e. The average Bonchev–Trinajstić information content (AvgIpc) is 2.70. The number of amides is 1. The summed E-state index contributed by atoms with van der Waals surface area (Å²) >= 11 is 0. The van der Waals surface area contributed by atoms with Crippen LogP contribution in [0.2, 0.25) is 0 Å². The molecule has 2 heterocycles. The first kappa shape index (κ1) is 12.4. The van der Waals surface area contributed by atoms with Gasteiger partial charge in [-0.25, -0.2) is 4.98 Å². The van der Waals surface area contributed by atoms with Crippen LogP contribution >= 0.6 is 0 Å². The molecule has 0 aliphatic carbocycles. The second-order valence-corrected chi connectivity index (χ2v) is 3.70. The van der Waals surface area contributed by atoms with Crippen LogP contribution in [0.15, 0.2) is 30.6 Å². The Balaban J connectivity index is 1.93. The van der Waals surface area contributed by atoms with E-state index < -0.39 is 12.1 Å². The van der Waals surface area contributed by atoms with Crippen LogP contribution in [-0.4, -0.2) is 28.0 Å². The Labute approximate surface area is 100 Å². The van der Waals surface area contributed by atoms with Gasteiger partial charge in [-0.3, -0.25) is 4.79 Å². The van der Waals surface area contributed by atoms with E-state index in [2.05, 4.69) is 4.98 Å². The van der Waals surface area contributed by atoms with E-state index in [1.54, 1.807) is 28.2 Å². The molecule has 0 aromatic carbocycles. The molecule has 0 fully saturated rings. The quantitative estimate of drug-likeness (QED) is 0.906. The molecule has 2 aromatic heterocycles. The van der Waals surface area contributed by atoms with Crippen LogP contribution in [0.5, 0.6) is 0 Å². The van der Waals surface area contributed by atoms with Gasteiger partial charge >= 0.3 is 12.1 Å². The zero-order valence-corrected chi connectivity index (χ0v) is 9.24. The van der Waals surface area contributed by atoms with E-state index >= 15 is 0 Å². The van der Waals surface area contributed by atoms with Crippen molar-refractivity contribution in [3.8, 4) is 0 Å². The van der Waals surface area contributed by atoms with Crippen LogP contribution in [0, 0.1) is 0 Å². The lowest BCUT2D eigenvalue weighted by Gasteiger charge is -2.06. The molecule has 1 N–H and O–H groups in total. The molecule has 0 saturated carbocycles. The largest absolute Gasteiger partial charge is 0.471 e. The zero-order valence-electron chi connectivity index (χ0n) is 9.24. The minimum atomic E-state index is -4.83. The van der Waals surface area contributed by atoms with Crippen molar-refractivity contribution in [2.75, 3.05) is 6.54 Å². The Kier molecular flexibility index (Phi) is 3.22. The molecule has 18 heavy (non-hydrogen) atoms. The summed E-state index contributed by atoms with van der Waals surface area (Å²) < 4.78 is 37.5. The summed E-state index contributed by atoms with van der Waals surface area (Å²) in [6, 6.07) is 5.43. The predicted octanol–water partition coefficient (Wildman–Crippen LogP) is 1.56. The first-order chi connectivity index (χ1) is 8.47. The maximum Gasteiger partial charge on any atom is 0.471 e. The van der Waals surface area contributed by atoms with Gasteiger partial charge in [-0.2, -0.15) is 13.2 Å². The monoisotopic (exact) mass is 257 g/mol. The van der Waals surface area contributed by atoms with E-state index in [1.165, 1.54) is 0 Å². The molecular formula is C11H10F3N3O. The fourth-order valence-corrected chi connectivity index (χ4v) is 1.51. The summed E-state index contributed by atoms with van der Waals surface area (Å²) in [5, 5.41) is 1.80. The number of carbonyl (C=O) groups is 1. The number of rotatable bonds is 3. The number of carbonyl (C=O) groups excluding carboxylic acids is 1. The summed E-state index contributed by atoms with van der Waals surface area (Å²) in [5.41, 5.74) is 1.35. The number of nitrogens with zero attached hydrogens (tertiary/aromatic N) is 2. The van der Waals surface area contributed by atoms with Crippen LogP contribution in [0.25, 0.3) is 5.65 Å². The average molecular weight is 257 g/mol. The number of aromatic nitrogens is 2. The summed E-state index contributed by atoms with van der Waals surface area (Å²) in [6.07, 6.45) is -1.07. The lowest BCUT2D eigenvalue weighted by molar-refractivity contribution is -0.173. The van der Waals surface area contributed by atoms with Gasteiger partial charge < -0.3 is 9.72 Å². The third-order valence-corrected chi connectivity index (χ3v) is 2.34. The molecule has 2 rings (SSSR count). The summed E-state index contributed by atoms with van der Waals surface area (Å²) in [5.74, 6) is -1.92. The smallest absolute Gasteiger partial charge is 0.348 e. The van der Waals surface area contributed by atoms with Gasteiger partial charge in [0.05, 0.1) is 5.69 Å². The van der Waals surface area contributed by atoms with Crippen molar-refractivity contribution in [1.82, 2.24) is 14.7 Å². The van der Waals surface area contributed by atoms with E-state index in [4.69, 9.17) is 0 Å². The fourth-order valence-electron chi connectivity index (χ4n) is 1.51. The molecule has 1 amide bonds. The number of hydrogen-bond acceptors (Lipinski definition) is 2. The Hall–Kier alpha value is -2.05. The standard InChI is InChI=1S/C11H10F3N3O/c12-11(13,14)10(18)15-5-4-8-7-17-6-2-1-3-9(17)16-8/h1-3,6-7H,4-5H2,(H,15,18). The summed E-state index contributed by atoms with van der Waals surface area (Å²) in [4.78, 5) is 14.8. The second kappa shape index (κ2) is 4.67. The van der Waals surface area contributed by atoms with Crippen LogP contribution in [0.1, 0.15) is 5.69 Å². The van der Waals surface area contributed by atoms with Gasteiger partial charge in [0.25, 0.3) is 0 Å². The second-order valence-electron chi connectivity index (χ2n) is 3.70. The number of nitrogens with one attached hydrogen (secondary N) is 1. The van der Waals surface area contributed by atoms with E-state index in [9.17, 15) is 18.0 Å². The van der Waals surface area contributed by atoms with Crippen molar-refractivity contribution in [2.24, 2.45) is 0 Å². The first-order valence-electron chi connectivity index (χ1n) is 5.24. The number of hydrogen-bond donors (Lipinski definition) is 1. The lowest BCUT2D eigenvalue weighted by atomic mass is 10.3. The highest BCUT2D eigenvalue weighted by Gasteiger charge is 2.38. The van der Waals surface area contributed by atoms with Gasteiger partial charge in [-0.05, 0) is 12.1 Å². The Morgan fingerprint density at radius 1 is 1.39 bits per heavy atom. The predicted molar refractivity (Wildman–Crippen MR) is 58.0 cm³/mol. The minimum absolute atomic E-state index is 0.0950. The third kappa shape index (κ3) is 2.79. The number of imidazole rings is 1. The van der Waals surface area contributed by atoms with Crippen molar-refractivity contribution < 1.29 is 18.0 Å². The molecule has 0 saturated heterocycles. The third-order valence-electron chi connectivity index (χ3n) is 2.34. The number of halogens is 3. The number of alkyl halides is 3. The van der Waals surface area contributed by atoms with E-state index in [0.29, 0.717) is 5.69 Å². The molecule has 0 aliphatic heterocycles. The van der Waals surface area contributed by atoms with Gasteiger partial charge in [0.15, 0.2) is 0 Å². The molecule has 0 spiro atoms. The van der Waals surface area contributed by atoms with Crippen LogP contribution in [0.3, 0.4) is 0 Å². The van der Waals surface area contributed by atoms with E-state index in [0.717, 1.165) is 5.65 Å². The van der Waals surface area contributed by atoms with E-state index in [1.807, 2.05) is 12.1 Å². The maximum absolute atomic E-state index is 11.9. The van der Waals surface area contributed by atoms with Crippen molar-refractivity contribution in [1.29, 1.82) is 0 Å². The van der Waals surface area contributed by atoms with Crippen LogP contribution in [0.4, 0.5) is 13.2 Å². The van der Waals surface area contributed by atoms with Gasteiger partial charge in [0.2, 0.25) is 0 Å². The van der Waals surface area contributed by atoms with Gasteiger partial charge in [-0.15, -0.1) is 0 Å². The fraction of sp³-hybridized carbons (Fsp3) is 0.273. The van der Waals surface area contributed by atoms with Crippen LogP contribution in [-0.2, 0) is 11.2 Å². The Bertz CT molecular complexity index is 529. The molecule has 96 valence electrons. The topological polar surface area (TPSA) is 46.4 Å². The molecule has 7 heteroatoms. The number of pyridine rings is 1. The zero-order chi connectivity index (χ0) is 13.2. The van der Waals surface area contributed by atoms with Crippen molar-refractivity contribution in [3.05, 3.63) is 36.3 Å². The molecule has 0 radical (unpaired) electrons. The summed E-state index contributed by atoms with van der Waals surface area (Å²) in [6.45, 7) is -0.0950. The van der Waals surface area contributed by atoms with Crippen molar-refractivity contribution >= 4 is 11.6 Å². The summed E-state index contributed by atoms with van der Waals surface area (Å²) in [7, 11) is 0. The molecule has 4 nitrogen and oxygen atoms in total. The Morgan fingerprint density at radius 2 is 2.17 bits per heavy atom. The highest BCUT2D eigenvalue weighted by Crippen LogP contribution is 2.14. The van der Waals surface area contributed by atoms with Gasteiger partial charge in [0.1, 0.15) is 5.65 Å². The van der Waals surface area contributed by atoms with Crippen molar-refractivity contribution in [3.63, 3.8) is 0 Å². The van der Waals surface area contributed by atoms with Gasteiger partial charge in [0, 0.05) is 25.4 Å². The first-order valence-corrected chi connectivity index (χ1v) is 5.24. The van der Waals surface area contributed by atoms with E-state index in [-0.39, 0.29) is 13.0 Å². The molecular weight excluding hydrogens is 247 g/mol.